The Kier molecular flexibility index (Phi) is 4.56. The van der Waals surface area contributed by atoms with Crippen LogP contribution in [0.25, 0.3) is 11.6 Å². The zero-order valence-corrected chi connectivity index (χ0v) is 11.3. The molecule has 2 aromatic rings. The normalized spacial score (nSPS) is 11.7. The van der Waals surface area contributed by atoms with Gasteiger partial charge >= 0.3 is 0 Å². The fourth-order valence-corrected chi connectivity index (χ4v) is 2.14. The molecule has 98 valence electrons. The first-order valence-electron chi connectivity index (χ1n) is 5.57. The molecule has 0 saturated carbocycles. The van der Waals surface area contributed by atoms with Crippen LogP contribution in [0.3, 0.4) is 0 Å². The molecule has 0 saturated heterocycles. The maximum Gasteiger partial charge on any atom is 0.126 e. The van der Waals surface area contributed by atoms with Gasteiger partial charge in [-0.05, 0) is 41.0 Å². The molecule has 0 nitrogen and oxygen atoms in total. The van der Waals surface area contributed by atoms with Gasteiger partial charge < -0.3 is 0 Å². The molecule has 0 heterocycles. The fourth-order valence-electron chi connectivity index (χ4n) is 1.72. The second kappa shape index (κ2) is 6.18. The minimum atomic E-state index is -0.634. The molecular formula is C15H10Cl2F2. The number of halogens is 4. The molecule has 0 aliphatic heterocycles. The largest absolute Gasteiger partial charge is 0.207 e. The van der Waals surface area contributed by atoms with E-state index in [9.17, 15) is 8.78 Å². The summed E-state index contributed by atoms with van der Waals surface area (Å²) in [5, 5.41) is 0.557. The molecule has 0 fully saturated rings. The van der Waals surface area contributed by atoms with Gasteiger partial charge in [-0.25, -0.2) is 8.78 Å². The van der Waals surface area contributed by atoms with Crippen LogP contribution in [0.1, 0.15) is 11.1 Å². The smallest absolute Gasteiger partial charge is 0.126 e. The Hall–Kier alpha value is -1.38. The topological polar surface area (TPSA) is 0 Å². The summed E-state index contributed by atoms with van der Waals surface area (Å²) in [6, 6.07) is 10.5. The van der Waals surface area contributed by atoms with E-state index < -0.39 is 11.6 Å². The number of allylic oxidation sites excluding steroid dienone is 1. The molecule has 0 bridgehead atoms. The maximum atomic E-state index is 13.2. The molecule has 0 aromatic heterocycles. The Morgan fingerprint density at radius 1 is 1.05 bits per heavy atom. The van der Waals surface area contributed by atoms with E-state index in [1.807, 2.05) is 18.2 Å². The first-order valence-corrected chi connectivity index (χ1v) is 6.49. The van der Waals surface area contributed by atoms with Gasteiger partial charge in [0.05, 0.1) is 0 Å². The highest BCUT2D eigenvalue weighted by Crippen LogP contribution is 2.25. The first-order chi connectivity index (χ1) is 9.10. The summed E-state index contributed by atoms with van der Waals surface area (Å²) in [5.41, 5.74) is 1.77. The SMILES string of the molecule is Fc1cc(F)cc(/C(=C/c2ccccc2Cl)CCl)c1. The standard InChI is InChI=1S/C15H10Cl2F2/c16-9-12(5-10-3-1-2-4-15(10)17)11-6-13(18)8-14(19)7-11/h1-8H,9H2/b12-5+. The highest BCUT2D eigenvalue weighted by Gasteiger charge is 2.06. The van der Waals surface area contributed by atoms with Crippen LogP contribution in [0.5, 0.6) is 0 Å². The van der Waals surface area contributed by atoms with Crippen LogP contribution in [0.15, 0.2) is 42.5 Å². The van der Waals surface area contributed by atoms with Crippen LogP contribution in [-0.2, 0) is 0 Å². The minimum absolute atomic E-state index is 0.133. The molecule has 0 radical (unpaired) electrons. The second-order valence-corrected chi connectivity index (χ2v) is 4.66. The molecule has 0 unspecified atom stereocenters. The zero-order chi connectivity index (χ0) is 13.8. The third kappa shape index (κ3) is 3.55. The predicted octanol–water partition coefficient (Wildman–Crippen LogP) is 5.40. The van der Waals surface area contributed by atoms with Crippen molar-refractivity contribution in [2.75, 3.05) is 5.88 Å². The second-order valence-electron chi connectivity index (χ2n) is 3.98. The van der Waals surface area contributed by atoms with Crippen molar-refractivity contribution < 1.29 is 8.78 Å². The molecule has 4 heteroatoms. The van der Waals surface area contributed by atoms with E-state index in [4.69, 9.17) is 23.2 Å². The first kappa shape index (κ1) is 14.0. The Morgan fingerprint density at radius 2 is 1.68 bits per heavy atom. The lowest BCUT2D eigenvalue weighted by Gasteiger charge is -2.06. The van der Waals surface area contributed by atoms with Crippen molar-refractivity contribution in [3.63, 3.8) is 0 Å². The average Bonchev–Trinajstić information content (AvgIpc) is 2.36. The van der Waals surface area contributed by atoms with Crippen molar-refractivity contribution in [3.8, 4) is 0 Å². The fraction of sp³-hybridized carbons (Fsp3) is 0.0667. The third-order valence-corrected chi connectivity index (χ3v) is 3.24. The van der Waals surface area contributed by atoms with Gasteiger partial charge in [0.2, 0.25) is 0 Å². The zero-order valence-electron chi connectivity index (χ0n) is 9.84. The molecule has 0 amide bonds. The van der Waals surface area contributed by atoms with Crippen LogP contribution in [0.2, 0.25) is 5.02 Å². The summed E-state index contributed by atoms with van der Waals surface area (Å²) in [4.78, 5) is 0. The van der Waals surface area contributed by atoms with Crippen LogP contribution >= 0.6 is 23.2 Å². The lowest BCUT2D eigenvalue weighted by atomic mass is 10.0. The van der Waals surface area contributed by atoms with E-state index in [1.165, 1.54) is 12.1 Å². The van der Waals surface area contributed by atoms with Gasteiger partial charge in [0, 0.05) is 17.0 Å². The van der Waals surface area contributed by atoms with Crippen LogP contribution in [0, 0.1) is 11.6 Å². The molecule has 19 heavy (non-hydrogen) atoms. The van der Waals surface area contributed by atoms with E-state index in [-0.39, 0.29) is 5.88 Å². The van der Waals surface area contributed by atoms with Crippen molar-refractivity contribution in [1.29, 1.82) is 0 Å². The molecule has 2 aromatic carbocycles. The molecule has 2 rings (SSSR count). The predicted molar refractivity (Wildman–Crippen MR) is 76.4 cm³/mol. The minimum Gasteiger partial charge on any atom is -0.207 e. The summed E-state index contributed by atoms with van der Waals surface area (Å²) in [6.07, 6.45) is 1.73. The average molecular weight is 299 g/mol. The van der Waals surface area contributed by atoms with E-state index in [0.29, 0.717) is 16.2 Å². The van der Waals surface area contributed by atoms with Gasteiger partial charge in [-0.3, -0.25) is 0 Å². The summed E-state index contributed by atoms with van der Waals surface area (Å²) >= 11 is 11.9. The number of hydrogen-bond donors (Lipinski definition) is 0. The van der Waals surface area contributed by atoms with E-state index >= 15 is 0 Å². The summed E-state index contributed by atoms with van der Waals surface area (Å²) in [7, 11) is 0. The van der Waals surface area contributed by atoms with Crippen LogP contribution in [0.4, 0.5) is 8.78 Å². The molecule has 0 aliphatic rings. The van der Waals surface area contributed by atoms with Crippen LogP contribution < -0.4 is 0 Å². The summed E-state index contributed by atoms with van der Waals surface area (Å²) in [6.45, 7) is 0. The van der Waals surface area contributed by atoms with Gasteiger partial charge in [0.15, 0.2) is 0 Å². The van der Waals surface area contributed by atoms with E-state index in [2.05, 4.69) is 0 Å². The van der Waals surface area contributed by atoms with Crippen molar-refractivity contribution in [3.05, 3.63) is 70.2 Å². The number of hydrogen-bond acceptors (Lipinski definition) is 0. The summed E-state index contributed by atoms with van der Waals surface area (Å²) in [5.74, 6) is -1.14. The number of benzene rings is 2. The highest BCUT2D eigenvalue weighted by atomic mass is 35.5. The number of rotatable bonds is 3. The van der Waals surface area contributed by atoms with E-state index in [1.54, 1.807) is 12.1 Å². The highest BCUT2D eigenvalue weighted by molar-refractivity contribution is 6.32. The quantitative estimate of drug-likeness (QED) is 0.526. The van der Waals surface area contributed by atoms with Gasteiger partial charge in [0.25, 0.3) is 0 Å². The van der Waals surface area contributed by atoms with Crippen molar-refractivity contribution in [2.24, 2.45) is 0 Å². The Morgan fingerprint density at radius 3 is 2.26 bits per heavy atom. The summed E-state index contributed by atoms with van der Waals surface area (Å²) < 4.78 is 26.4. The molecule has 0 atom stereocenters. The third-order valence-electron chi connectivity index (χ3n) is 2.61. The number of alkyl halides is 1. The monoisotopic (exact) mass is 298 g/mol. The van der Waals surface area contributed by atoms with Crippen LogP contribution in [-0.4, -0.2) is 5.88 Å². The molecule has 0 spiro atoms. The van der Waals surface area contributed by atoms with E-state index in [0.717, 1.165) is 11.6 Å². The van der Waals surface area contributed by atoms with Crippen molar-refractivity contribution in [2.45, 2.75) is 0 Å². The van der Waals surface area contributed by atoms with Crippen molar-refractivity contribution in [1.82, 2.24) is 0 Å². The van der Waals surface area contributed by atoms with Gasteiger partial charge in [-0.1, -0.05) is 29.8 Å². The van der Waals surface area contributed by atoms with Gasteiger partial charge in [-0.15, -0.1) is 11.6 Å². The lowest BCUT2D eigenvalue weighted by molar-refractivity contribution is 0.582. The Balaban J connectivity index is 2.47. The van der Waals surface area contributed by atoms with Gasteiger partial charge in [-0.2, -0.15) is 0 Å². The Labute approximate surface area is 120 Å². The molecule has 0 aliphatic carbocycles. The van der Waals surface area contributed by atoms with Crippen molar-refractivity contribution >= 4 is 34.9 Å². The maximum absolute atomic E-state index is 13.2. The lowest BCUT2D eigenvalue weighted by Crippen LogP contribution is -1.90. The van der Waals surface area contributed by atoms with Gasteiger partial charge in [0.1, 0.15) is 11.6 Å². The molecular weight excluding hydrogens is 289 g/mol. The Bertz CT molecular complexity index is 601. The molecule has 0 N–H and O–H groups in total.